The molecule has 84 valence electrons. The topological polar surface area (TPSA) is 26.0 Å². The van der Waals surface area contributed by atoms with Crippen molar-refractivity contribution in [2.75, 3.05) is 6.54 Å². The molecule has 1 rings (SSSR count). The molecule has 0 aromatic heterocycles. The Morgan fingerprint density at radius 3 is 2.40 bits per heavy atom. The fourth-order valence-corrected chi connectivity index (χ4v) is 1.85. The second-order valence-corrected chi connectivity index (χ2v) is 4.43. The van der Waals surface area contributed by atoms with Gasteiger partial charge in [0.2, 0.25) is 0 Å². The first-order valence-electron chi connectivity index (χ1n) is 6.02. The van der Waals surface area contributed by atoms with Crippen molar-refractivity contribution in [3.8, 4) is 0 Å². The highest BCUT2D eigenvalue weighted by molar-refractivity contribution is 5.21. The molecule has 1 aromatic carbocycles. The molecule has 2 N–H and O–H groups in total. The van der Waals surface area contributed by atoms with Crippen molar-refractivity contribution in [3.63, 3.8) is 0 Å². The van der Waals surface area contributed by atoms with Gasteiger partial charge in [0.15, 0.2) is 0 Å². The highest BCUT2D eigenvalue weighted by Gasteiger charge is 2.06. The van der Waals surface area contributed by atoms with Gasteiger partial charge in [-0.25, -0.2) is 0 Å². The summed E-state index contributed by atoms with van der Waals surface area (Å²) >= 11 is 0. The van der Waals surface area contributed by atoms with E-state index in [1.165, 1.54) is 30.4 Å². The first kappa shape index (κ1) is 12.3. The molecule has 15 heavy (non-hydrogen) atoms. The molecule has 0 saturated heterocycles. The van der Waals surface area contributed by atoms with E-state index >= 15 is 0 Å². The van der Waals surface area contributed by atoms with Crippen LogP contribution in [0.15, 0.2) is 24.3 Å². The van der Waals surface area contributed by atoms with Crippen molar-refractivity contribution in [2.45, 2.75) is 39.5 Å². The Labute approximate surface area is 93.7 Å². The molecule has 0 amide bonds. The second-order valence-electron chi connectivity index (χ2n) is 4.43. The third kappa shape index (κ3) is 4.48. The smallest absolute Gasteiger partial charge is 0.00457 e. The van der Waals surface area contributed by atoms with Gasteiger partial charge in [-0.1, -0.05) is 49.6 Å². The van der Waals surface area contributed by atoms with Gasteiger partial charge in [-0.05, 0) is 37.8 Å². The lowest BCUT2D eigenvalue weighted by atomic mass is 9.94. The molecule has 1 unspecified atom stereocenters. The van der Waals surface area contributed by atoms with Crippen LogP contribution in [0.25, 0.3) is 0 Å². The monoisotopic (exact) mass is 205 g/mol. The lowest BCUT2D eigenvalue weighted by molar-refractivity contribution is 0.472. The van der Waals surface area contributed by atoms with Crippen LogP contribution in [0, 0.1) is 12.8 Å². The fraction of sp³-hybridized carbons (Fsp3) is 0.571. The normalized spacial score (nSPS) is 12.7. The summed E-state index contributed by atoms with van der Waals surface area (Å²) < 4.78 is 0. The van der Waals surface area contributed by atoms with Crippen LogP contribution in [0.1, 0.15) is 37.3 Å². The zero-order valence-corrected chi connectivity index (χ0v) is 10.00. The van der Waals surface area contributed by atoms with Gasteiger partial charge in [0, 0.05) is 0 Å². The average Bonchev–Trinajstić information content (AvgIpc) is 2.27. The SMILES string of the molecule is CCCCC(CN)Cc1ccc(C)cc1. The molecule has 0 aliphatic heterocycles. The molecule has 0 fully saturated rings. The molecule has 0 bridgehead atoms. The van der Waals surface area contributed by atoms with Crippen LogP contribution in [0.4, 0.5) is 0 Å². The quantitative estimate of drug-likeness (QED) is 0.757. The lowest BCUT2D eigenvalue weighted by Gasteiger charge is -2.14. The van der Waals surface area contributed by atoms with Crippen LogP contribution in [0.2, 0.25) is 0 Å². The average molecular weight is 205 g/mol. The Morgan fingerprint density at radius 1 is 1.20 bits per heavy atom. The molecular weight excluding hydrogens is 182 g/mol. The molecule has 1 heteroatoms. The summed E-state index contributed by atoms with van der Waals surface area (Å²) in [5, 5.41) is 0. The Balaban J connectivity index is 2.47. The third-order valence-corrected chi connectivity index (χ3v) is 2.94. The predicted molar refractivity (Wildman–Crippen MR) is 67.0 cm³/mol. The summed E-state index contributed by atoms with van der Waals surface area (Å²) in [5.74, 6) is 0.660. The van der Waals surface area contributed by atoms with Gasteiger partial charge in [0.1, 0.15) is 0 Å². The molecule has 1 aromatic rings. The van der Waals surface area contributed by atoms with Crippen LogP contribution in [0.5, 0.6) is 0 Å². The fourth-order valence-electron chi connectivity index (χ4n) is 1.85. The van der Waals surface area contributed by atoms with Crippen molar-refractivity contribution >= 4 is 0 Å². The maximum absolute atomic E-state index is 5.79. The van der Waals surface area contributed by atoms with E-state index in [1.807, 2.05) is 0 Å². The van der Waals surface area contributed by atoms with Gasteiger partial charge in [0.25, 0.3) is 0 Å². The molecule has 0 spiro atoms. The van der Waals surface area contributed by atoms with E-state index in [0.717, 1.165) is 13.0 Å². The van der Waals surface area contributed by atoms with Gasteiger partial charge in [-0.15, -0.1) is 0 Å². The van der Waals surface area contributed by atoms with Crippen molar-refractivity contribution in [3.05, 3.63) is 35.4 Å². The first-order valence-corrected chi connectivity index (χ1v) is 6.02. The van der Waals surface area contributed by atoms with Crippen molar-refractivity contribution in [2.24, 2.45) is 11.7 Å². The largest absolute Gasteiger partial charge is 0.330 e. The van der Waals surface area contributed by atoms with Gasteiger partial charge in [0.05, 0.1) is 0 Å². The number of rotatable bonds is 6. The Hall–Kier alpha value is -0.820. The van der Waals surface area contributed by atoms with Crippen LogP contribution in [-0.4, -0.2) is 6.54 Å². The van der Waals surface area contributed by atoms with Gasteiger partial charge >= 0.3 is 0 Å². The standard InChI is InChI=1S/C14H23N/c1-3-4-5-14(11-15)10-13-8-6-12(2)7-9-13/h6-9,14H,3-5,10-11,15H2,1-2H3. The molecule has 0 heterocycles. The van der Waals surface area contributed by atoms with E-state index in [1.54, 1.807) is 0 Å². The molecule has 0 saturated carbocycles. The molecule has 1 atom stereocenters. The lowest BCUT2D eigenvalue weighted by Crippen LogP contribution is -2.16. The second kappa shape index (κ2) is 6.62. The summed E-state index contributed by atoms with van der Waals surface area (Å²) in [7, 11) is 0. The Morgan fingerprint density at radius 2 is 1.87 bits per heavy atom. The van der Waals surface area contributed by atoms with Gasteiger partial charge < -0.3 is 5.73 Å². The minimum Gasteiger partial charge on any atom is -0.330 e. The van der Waals surface area contributed by atoms with Crippen molar-refractivity contribution < 1.29 is 0 Å². The number of benzene rings is 1. The van der Waals surface area contributed by atoms with Crippen molar-refractivity contribution in [1.82, 2.24) is 0 Å². The number of hydrogen-bond donors (Lipinski definition) is 1. The number of aryl methyl sites for hydroxylation is 1. The zero-order valence-electron chi connectivity index (χ0n) is 10.00. The highest BCUT2D eigenvalue weighted by Crippen LogP contribution is 2.14. The minimum absolute atomic E-state index is 0.660. The van der Waals surface area contributed by atoms with E-state index in [4.69, 9.17) is 5.73 Å². The highest BCUT2D eigenvalue weighted by atomic mass is 14.5. The van der Waals surface area contributed by atoms with E-state index < -0.39 is 0 Å². The predicted octanol–water partition coefficient (Wildman–Crippen LogP) is 3.30. The van der Waals surface area contributed by atoms with Gasteiger partial charge in [-0.2, -0.15) is 0 Å². The van der Waals surface area contributed by atoms with Gasteiger partial charge in [-0.3, -0.25) is 0 Å². The third-order valence-electron chi connectivity index (χ3n) is 2.94. The minimum atomic E-state index is 0.660. The van der Waals surface area contributed by atoms with E-state index in [2.05, 4.69) is 38.1 Å². The Kier molecular flexibility index (Phi) is 5.41. The summed E-state index contributed by atoms with van der Waals surface area (Å²) in [5.41, 5.74) is 8.54. The summed E-state index contributed by atoms with van der Waals surface area (Å²) in [6.45, 7) is 5.18. The van der Waals surface area contributed by atoms with E-state index in [0.29, 0.717) is 5.92 Å². The summed E-state index contributed by atoms with van der Waals surface area (Å²) in [6.07, 6.45) is 4.97. The molecule has 1 nitrogen and oxygen atoms in total. The van der Waals surface area contributed by atoms with Crippen LogP contribution >= 0.6 is 0 Å². The van der Waals surface area contributed by atoms with Crippen LogP contribution in [-0.2, 0) is 6.42 Å². The first-order chi connectivity index (χ1) is 7.26. The number of nitrogens with two attached hydrogens (primary N) is 1. The number of unbranched alkanes of at least 4 members (excludes halogenated alkanes) is 1. The Bertz CT molecular complexity index is 263. The number of hydrogen-bond acceptors (Lipinski definition) is 1. The molecule has 0 radical (unpaired) electrons. The summed E-state index contributed by atoms with van der Waals surface area (Å²) in [4.78, 5) is 0. The van der Waals surface area contributed by atoms with Crippen molar-refractivity contribution in [1.29, 1.82) is 0 Å². The zero-order chi connectivity index (χ0) is 11.1. The molecular formula is C14H23N. The van der Waals surface area contributed by atoms with Crippen LogP contribution in [0.3, 0.4) is 0 Å². The maximum atomic E-state index is 5.79. The van der Waals surface area contributed by atoms with E-state index in [-0.39, 0.29) is 0 Å². The molecule has 0 aliphatic rings. The maximum Gasteiger partial charge on any atom is -0.00457 e. The summed E-state index contributed by atoms with van der Waals surface area (Å²) in [6, 6.07) is 8.82. The van der Waals surface area contributed by atoms with E-state index in [9.17, 15) is 0 Å². The molecule has 0 aliphatic carbocycles. The van der Waals surface area contributed by atoms with Crippen LogP contribution < -0.4 is 5.73 Å².